The van der Waals surface area contributed by atoms with Crippen LogP contribution in [0.15, 0.2) is 51.5 Å². The van der Waals surface area contributed by atoms with Crippen molar-refractivity contribution in [3.63, 3.8) is 0 Å². The van der Waals surface area contributed by atoms with Gasteiger partial charge in [0.25, 0.3) is 0 Å². The average Bonchev–Trinajstić information content (AvgIpc) is 3.39. The van der Waals surface area contributed by atoms with Gasteiger partial charge in [0.05, 0.1) is 16.9 Å². The van der Waals surface area contributed by atoms with Crippen LogP contribution in [0.1, 0.15) is 51.1 Å². The lowest BCUT2D eigenvalue weighted by atomic mass is 10.0. The fourth-order valence-electron chi connectivity index (χ4n) is 4.48. The molecule has 2 aromatic carbocycles. The Morgan fingerprint density at radius 3 is 2.43 bits per heavy atom. The minimum absolute atomic E-state index is 0.150. The van der Waals surface area contributed by atoms with Crippen molar-refractivity contribution < 1.29 is 13.8 Å². The van der Waals surface area contributed by atoms with Gasteiger partial charge in [0.2, 0.25) is 0 Å². The monoisotopic (exact) mass is 515 g/mol. The molecule has 37 heavy (non-hydrogen) atoms. The number of aromatic nitrogens is 4. The normalized spacial score (nSPS) is 11.3. The molecule has 3 heterocycles. The molecule has 0 aliphatic carbocycles. The van der Waals surface area contributed by atoms with E-state index in [2.05, 4.69) is 25.6 Å². The minimum atomic E-state index is -0.150. The number of nitrogens with zero attached hydrogens (tertiary/aromatic N) is 4. The first-order chi connectivity index (χ1) is 17.8. The predicted octanol–water partition coefficient (Wildman–Crippen LogP) is 6.59. The molecule has 0 amide bonds. The van der Waals surface area contributed by atoms with E-state index in [1.807, 2.05) is 70.2 Å². The van der Waals surface area contributed by atoms with Gasteiger partial charge in [0.15, 0.2) is 11.6 Å². The first-order valence-electron chi connectivity index (χ1n) is 12.0. The summed E-state index contributed by atoms with van der Waals surface area (Å²) in [5.74, 6) is 2.04. The van der Waals surface area contributed by atoms with E-state index in [-0.39, 0.29) is 18.0 Å². The van der Waals surface area contributed by atoms with E-state index in [9.17, 15) is 4.79 Å². The highest BCUT2D eigenvalue weighted by Gasteiger charge is 2.19. The number of hydrogen-bond donors (Lipinski definition) is 1. The summed E-state index contributed by atoms with van der Waals surface area (Å²) in [7, 11) is 0. The SMILES string of the molecule is Cc1noc(C)c1CCC(=O)c1nc(NCc2cccc(Cl)c2)c2cc(-c3c(C)noc3C)ccc2n1. The summed E-state index contributed by atoms with van der Waals surface area (Å²) >= 11 is 6.17. The van der Waals surface area contributed by atoms with Gasteiger partial charge in [-0.15, -0.1) is 0 Å². The van der Waals surface area contributed by atoms with Crippen LogP contribution in [0.4, 0.5) is 5.82 Å². The summed E-state index contributed by atoms with van der Waals surface area (Å²) < 4.78 is 10.6. The molecular weight excluding hydrogens is 490 g/mol. The molecule has 0 aliphatic heterocycles. The van der Waals surface area contributed by atoms with Crippen molar-refractivity contribution in [1.82, 2.24) is 20.3 Å². The first-order valence-corrected chi connectivity index (χ1v) is 12.4. The summed E-state index contributed by atoms with van der Waals surface area (Å²) in [5, 5.41) is 12.9. The maximum Gasteiger partial charge on any atom is 0.200 e. The van der Waals surface area contributed by atoms with Gasteiger partial charge in [-0.2, -0.15) is 0 Å². The number of ketones is 1. The zero-order valence-corrected chi connectivity index (χ0v) is 21.8. The van der Waals surface area contributed by atoms with Crippen molar-refractivity contribution in [2.75, 3.05) is 5.32 Å². The third-order valence-electron chi connectivity index (χ3n) is 6.40. The van der Waals surface area contributed by atoms with Crippen LogP contribution < -0.4 is 5.32 Å². The van der Waals surface area contributed by atoms with Crippen LogP contribution >= 0.6 is 11.6 Å². The van der Waals surface area contributed by atoms with Gasteiger partial charge >= 0.3 is 0 Å². The van der Waals surface area contributed by atoms with Gasteiger partial charge in [-0.25, -0.2) is 9.97 Å². The molecule has 0 saturated carbocycles. The van der Waals surface area contributed by atoms with Crippen LogP contribution in [-0.2, 0) is 13.0 Å². The van der Waals surface area contributed by atoms with E-state index in [1.165, 1.54) is 0 Å². The van der Waals surface area contributed by atoms with Crippen LogP contribution in [0.5, 0.6) is 0 Å². The van der Waals surface area contributed by atoms with Gasteiger partial charge < -0.3 is 14.4 Å². The van der Waals surface area contributed by atoms with Crippen molar-refractivity contribution in [3.8, 4) is 11.1 Å². The second-order valence-electron chi connectivity index (χ2n) is 9.04. The lowest BCUT2D eigenvalue weighted by molar-refractivity contribution is 0.0973. The largest absolute Gasteiger partial charge is 0.365 e. The van der Waals surface area contributed by atoms with Gasteiger partial charge in [-0.1, -0.05) is 40.1 Å². The van der Waals surface area contributed by atoms with Gasteiger partial charge in [0.1, 0.15) is 17.3 Å². The molecule has 3 aromatic heterocycles. The van der Waals surface area contributed by atoms with Crippen molar-refractivity contribution >= 4 is 34.1 Å². The quantitative estimate of drug-likeness (QED) is 0.231. The second-order valence-corrected chi connectivity index (χ2v) is 9.47. The number of anilines is 1. The van der Waals surface area contributed by atoms with Gasteiger partial charge in [-0.05, 0) is 69.5 Å². The Kier molecular flexibility index (Phi) is 6.76. The molecule has 8 nitrogen and oxygen atoms in total. The Hall–Kier alpha value is -4.04. The topological polar surface area (TPSA) is 107 Å². The van der Waals surface area contributed by atoms with Crippen LogP contribution in [0.3, 0.4) is 0 Å². The van der Waals surface area contributed by atoms with Crippen molar-refractivity contribution in [1.29, 1.82) is 0 Å². The predicted molar refractivity (Wildman–Crippen MR) is 142 cm³/mol. The van der Waals surface area contributed by atoms with Gasteiger partial charge in [-0.3, -0.25) is 4.79 Å². The van der Waals surface area contributed by atoms with Crippen molar-refractivity contribution in [3.05, 3.63) is 87.3 Å². The van der Waals surface area contributed by atoms with E-state index in [4.69, 9.17) is 20.6 Å². The van der Waals surface area contributed by atoms with Crippen molar-refractivity contribution in [2.24, 2.45) is 0 Å². The molecular formula is C28H26ClN5O3. The van der Waals surface area contributed by atoms with E-state index in [1.54, 1.807) is 0 Å². The molecule has 5 rings (SSSR count). The molecule has 9 heteroatoms. The summed E-state index contributed by atoms with van der Waals surface area (Å²) in [5.41, 5.74) is 6.07. The lowest BCUT2D eigenvalue weighted by Crippen LogP contribution is -2.11. The first kappa shape index (κ1) is 24.6. The van der Waals surface area contributed by atoms with E-state index in [0.717, 1.165) is 50.5 Å². The summed E-state index contributed by atoms with van der Waals surface area (Å²) in [6.45, 7) is 7.99. The molecule has 188 valence electrons. The zero-order chi connectivity index (χ0) is 26.1. The average molecular weight is 516 g/mol. The molecule has 0 unspecified atom stereocenters. The highest BCUT2D eigenvalue weighted by molar-refractivity contribution is 6.30. The molecule has 0 saturated heterocycles. The number of fused-ring (bicyclic) bond motifs is 1. The number of Topliss-reactive ketones (excluding diaryl/α,β-unsaturated/α-hetero) is 1. The van der Waals surface area contributed by atoms with Crippen LogP contribution in [-0.4, -0.2) is 26.1 Å². The maximum absolute atomic E-state index is 13.2. The smallest absolute Gasteiger partial charge is 0.200 e. The van der Waals surface area contributed by atoms with Gasteiger partial charge in [0, 0.05) is 34.5 Å². The van der Waals surface area contributed by atoms with E-state index < -0.39 is 0 Å². The Morgan fingerprint density at radius 1 is 0.946 bits per heavy atom. The van der Waals surface area contributed by atoms with Crippen molar-refractivity contribution in [2.45, 2.75) is 47.1 Å². The van der Waals surface area contributed by atoms with E-state index >= 15 is 0 Å². The number of aryl methyl sites for hydroxylation is 4. The molecule has 5 aromatic rings. The van der Waals surface area contributed by atoms with Crippen LogP contribution in [0.2, 0.25) is 5.02 Å². The number of benzene rings is 2. The number of nitrogens with one attached hydrogen (secondary N) is 1. The Balaban J connectivity index is 1.51. The minimum Gasteiger partial charge on any atom is -0.365 e. The molecule has 0 radical (unpaired) electrons. The number of carbonyl (C=O) groups is 1. The van der Waals surface area contributed by atoms with Crippen LogP contribution in [0.25, 0.3) is 22.0 Å². The summed E-state index contributed by atoms with van der Waals surface area (Å²) in [4.78, 5) is 22.5. The Labute approximate surface area is 219 Å². The molecule has 1 N–H and O–H groups in total. The highest BCUT2D eigenvalue weighted by atomic mass is 35.5. The zero-order valence-electron chi connectivity index (χ0n) is 21.1. The number of halogens is 1. The molecule has 0 bridgehead atoms. The maximum atomic E-state index is 13.2. The standard InChI is InChI=1S/C28H26ClN5O3/c1-15-22(17(3)36-33-15)9-11-25(35)28-31-24-10-8-20(26-16(2)34-37-18(26)4)13-23(24)27(32-28)30-14-19-6-5-7-21(29)12-19/h5-8,10,12-13H,9,11,14H2,1-4H3,(H,30,31,32). The molecule has 0 atom stereocenters. The molecule has 0 spiro atoms. The fraction of sp³-hybridized carbons (Fsp3) is 0.250. The highest BCUT2D eigenvalue weighted by Crippen LogP contribution is 2.32. The van der Waals surface area contributed by atoms with Crippen LogP contribution in [0, 0.1) is 27.7 Å². The van der Waals surface area contributed by atoms with E-state index in [0.29, 0.717) is 29.3 Å². The number of carbonyl (C=O) groups excluding carboxylic acids is 1. The Morgan fingerprint density at radius 2 is 1.73 bits per heavy atom. The second kappa shape index (κ2) is 10.1. The summed E-state index contributed by atoms with van der Waals surface area (Å²) in [6.07, 6.45) is 0.761. The third kappa shape index (κ3) is 5.11. The number of rotatable bonds is 8. The molecule has 0 aliphatic rings. The fourth-order valence-corrected chi connectivity index (χ4v) is 4.69. The lowest BCUT2D eigenvalue weighted by Gasteiger charge is -2.12. The Bertz CT molecular complexity index is 1580. The summed E-state index contributed by atoms with van der Waals surface area (Å²) in [6, 6.07) is 13.5. The third-order valence-corrected chi connectivity index (χ3v) is 6.63. The molecule has 0 fully saturated rings. The number of hydrogen-bond acceptors (Lipinski definition) is 8.